The number of carbonyl (C=O) groups is 2. The summed E-state index contributed by atoms with van der Waals surface area (Å²) < 4.78 is 5.81. The highest BCUT2D eigenvalue weighted by molar-refractivity contribution is 5.93. The summed E-state index contributed by atoms with van der Waals surface area (Å²) in [7, 11) is 0. The highest BCUT2D eigenvalue weighted by Gasteiger charge is 2.14. The molecule has 0 spiro atoms. The summed E-state index contributed by atoms with van der Waals surface area (Å²) in [4.78, 5) is 23.3. The summed E-state index contributed by atoms with van der Waals surface area (Å²) >= 11 is 0. The molecule has 5 nitrogen and oxygen atoms in total. The monoisotopic (exact) mass is 474 g/mol. The first kappa shape index (κ1) is 26.0. The SMILES string of the molecule is CCCCCCCCCOc1ccc(-c2ccc(-c3ccc(C)c(C(=O)O)c3)cc2)cc1C(=O)O. The number of aromatic carboxylic acids is 2. The Bertz CT molecular complexity index is 1150. The van der Waals surface area contributed by atoms with Crippen LogP contribution in [0.2, 0.25) is 0 Å². The fourth-order valence-corrected chi connectivity index (χ4v) is 4.13. The molecule has 0 bridgehead atoms. The number of hydrogen-bond donors (Lipinski definition) is 2. The molecule has 0 saturated heterocycles. The van der Waals surface area contributed by atoms with Gasteiger partial charge in [0.2, 0.25) is 0 Å². The van der Waals surface area contributed by atoms with E-state index in [4.69, 9.17) is 4.74 Å². The maximum absolute atomic E-state index is 11.9. The molecule has 35 heavy (non-hydrogen) atoms. The lowest BCUT2D eigenvalue weighted by molar-refractivity contribution is 0.0683. The molecule has 0 unspecified atom stereocenters. The molecule has 0 aliphatic heterocycles. The second kappa shape index (κ2) is 12.7. The Balaban J connectivity index is 1.68. The van der Waals surface area contributed by atoms with E-state index < -0.39 is 11.9 Å². The second-order valence-electron chi connectivity index (χ2n) is 8.90. The molecule has 5 heteroatoms. The van der Waals surface area contributed by atoms with Crippen molar-refractivity contribution in [3.8, 4) is 28.0 Å². The Kier molecular flexibility index (Phi) is 9.47. The molecule has 0 fully saturated rings. The van der Waals surface area contributed by atoms with Crippen molar-refractivity contribution < 1.29 is 24.5 Å². The standard InChI is InChI=1S/C30H34O5/c1-3-4-5-6-7-8-9-18-35-28-17-16-25(20-27(28)30(33)34)23-14-12-22(13-15-23)24-11-10-21(2)26(19-24)29(31)32/h10-17,19-20H,3-9,18H2,1-2H3,(H,31,32)(H,33,34). The summed E-state index contributed by atoms with van der Waals surface area (Å²) in [5, 5.41) is 19.1. The van der Waals surface area contributed by atoms with Crippen LogP contribution in [0, 0.1) is 6.92 Å². The van der Waals surface area contributed by atoms with Gasteiger partial charge in [-0.1, -0.05) is 87.9 Å². The number of carboxylic acid groups (broad SMARTS) is 2. The van der Waals surface area contributed by atoms with Gasteiger partial charge in [0, 0.05) is 0 Å². The molecule has 0 radical (unpaired) electrons. The predicted molar refractivity (Wildman–Crippen MR) is 139 cm³/mol. The minimum absolute atomic E-state index is 0.152. The molecule has 3 aromatic rings. The smallest absolute Gasteiger partial charge is 0.339 e. The van der Waals surface area contributed by atoms with Crippen LogP contribution in [0.15, 0.2) is 60.7 Å². The van der Waals surface area contributed by atoms with Crippen molar-refractivity contribution in [2.24, 2.45) is 0 Å². The van der Waals surface area contributed by atoms with Crippen LogP contribution in [-0.4, -0.2) is 28.8 Å². The second-order valence-corrected chi connectivity index (χ2v) is 8.90. The van der Waals surface area contributed by atoms with Gasteiger partial charge in [0.25, 0.3) is 0 Å². The van der Waals surface area contributed by atoms with Crippen molar-refractivity contribution in [1.29, 1.82) is 0 Å². The molecule has 0 aromatic heterocycles. The lowest BCUT2D eigenvalue weighted by Crippen LogP contribution is -2.05. The minimum atomic E-state index is -1.01. The van der Waals surface area contributed by atoms with Crippen molar-refractivity contribution >= 4 is 11.9 Å². The van der Waals surface area contributed by atoms with Crippen molar-refractivity contribution in [3.63, 3.8) is 0 Å². The lowest BCUT2D eigenvalue weighted by Gasteiger charge is -2.12. The lowest BCUT2D eigenvalue weighted by atomic mass is 9.96. The molecular formula is C30H34O5. The zero-order chi connectivity index (χ0) is 25.2. The average molecular weight is 475 g/mol. The first-order chi connectivity index (χ1) is 16.9. The van der Waals surface area contributed by atoms with E-state index in [1.54, 1.807) is 31.2 Å². The highest BCUT2D eigenvalue weighted by Crippen LogP contribution is 2.30. The van der Waals surface area contributed by atoms with E-state index in [1.807, 2.05) is 36.4 Å². The van der Waals surface area contributed by atoms with Crippen LogP contribution in [0.25, 0.3) is 22.3 Å². The molecule has 0 aliphatic rings. The number of aryl methyl sites for hydroxylation is 1. The molecule has 2 N–H and O–H groups in total. The fourth-order valence-electron chi connectivity index (χ4n) is 4.13. The number of rotatable bonds is 13. The molecule has 0 aliphatic carbocycles. The van der Waals surface area contributed by atoms with Gasteiger partial charge in [-0.3, -0.25) is 0 Å². The summed E-state index contributed by atoms with van der Waals surface area (Å²) in [6, 6.07) is 18.3. The van der Waals surface area contributed by atoms with Crippen LogP contribution < -0.4 is 4.74 Å². The van der Waals surface area contributed by atoms with E-state index in [0.717, 1.165) is 35.1 Å². The quantitative estimate of drug-likeness (QED) is 0.246. The van der Waals surface area contributed by atoms with Gasteiger partial charge in [0.1, 0.15) is 11.3 Å². The molecule has 3 rings (SSSR count). The summed E-state index contributed by atoms with van der Waals surface area (Å²) in [6.45, 7) is 4.49. The van der Waals surface area contributed by atoms with Crippen LogP contribution in [0.3, 0.4) is 0 Å². The molecule has 0 amide bonds. The van der Waals surface area contributed by atoms with Crippen molar-refractivity contribution in [3.05, 3.63) is 77.4 Å². The van der Waals surface area contributed by atoms with E-state index in [0.29, 0.717) is 17.9 Å². The molecule has 184 valence electrons. The summed E-state index contributed by atoms with van der Waals surface area (Å²) in [5.74, 6) is -1.57. The Hall–Kier alpha value is -3.60. The predicted octanol–water partition coefficient (Wildman–Crippen LogP) is 7.85. The van der Waals surface area contributed by atoms with Crippen LogP contribution >= 0.6 is 0 Å². The Labute approximate surface area is 207 Å². The molecule has 0 heterocycles. The number of ether oxygens (including phenoxy) is 1. The van der Waals surface area contributed by atoms with Crippen LogP contribution in [0.5, 0.6) is 5.75 Å². The van der Waals surface area contributed by atoms with Crippen molar-refractivity contribution in [2.75, 3.05) is 6.61 Å². The zero-order valence-corrected chi connectivity index (χ0v) is 20.5. The minimum Gasteiger partial charge on any atom is -0.493 e. The maximum atomic E-state index is 11.9. The Morgan fingerprint density at radius 2 is 1.14 bits per heavy atom. The molecule has 0 saturated carbocycles. The van der Waals surface area contributed by atoms with E-state index in [1.165, 1.54) is 32.1 Å². The van der Waals surface area contributed by atoms with Crippen molar-refractivity contribution in [2.45, 2.75) is 58.8 Å². The number of unbranched alkanes of at least 4 members (excludes halogenated alkanes) is 6. The van der Waals surface area contributed by atoms with Crippen LogP contribution in [0.1, 0.15) is 78.1 Å². The van der Waals surface area contributed by atoms with E-state index in [-0.39, 0.29) is 11.1 Å². The maximum Gasteiger partial charge on any atom is 0.339 e. The summed E-state index contributed by atoms with van der Waals surface area (Å²) in [6.07, 6.45) is 8.23. The first-order valence-electron chi connectivity index (χ1n) is 12.4. The summed E-state index contributed by atoms with van der Waals surface area (Å²) in [5.41, 5.74) is 4.52. The molecule has 3 aromatic carbocycles. The van der Waals surface area contributed by atoms with E-state index >= 15 is 0 Å². The topological polar surface area (TPSA) is 83.8 Å². The van der Waals surface area contributed by atoms with Gasteiger partial charge >= 0.3 is 11.9 Å². The van der Waals surface area contributed by atoms with Gasteiger partial charge < -0.3 is 14.9 Å². The van der Waals surface area contributed by atoms with E-state index in [9.17, 15) is 19.8 Å². The third-order valence-electron chi connectivity index (χ3n) is 6.23. The van der Waals surface area contributed by atoms with Gasteiger partial charge in [-0.15, -0.1) is 0 Å². The molecule has 0 atom stereocenters. The van der Waals surface area contributed by atoms with Crippen LogP contribution in [-0.2, 0) is 0 Å². The molecular weight excluding hydrogens is 440 g/mol. The Morgan fingerprint density at radius 1 is 0.657 bits per heavy atom. The van der Waals surface area contributed by atoms with Gasteiger partial charge in [-0.2, -0.15) is 0 Å². The normalized spacial score (nSPS) is 10.8. The Morgan fingerprint density at radius 3 is 1.71 bits per heavy atom. The van der Waals surface area contributed by atoms with Gasteiger partial charge in [-0.25, -0.2) is 9.59 Å². The van der Waals surface area contributed by atoms with Crippen molar-refractivity contribution in [1.82, 2.24) is 0 Å². The number of benzene rings is 3. The number of carboxylic acids is 2. The average Bonchev–Trinajstić information content (AvgIpc) is 2.86. The third-order valence-corrected chi connectivity index (χ3v) is 6.23. The highest BCUT2D eigenvalue weighted by atomic mass is 16.5. The van der Waals surface area contributed by atoms with E-state index in [2.05, 4.69) is 6.92 Å². The number of hydrogen-bond acceptors (Lipinski definition) is 3. The third kappa shape index (κ3) is 7.19. The van der Waals surface area contributed by atoms with Gasteiger partial charge in [0.05, 0.1) is 12.2 Å². The van der Waals surface area contributed by atoms with Gasteiger partial charge in [-0.05, 0) is 59.4 Å². The van der Waals surface area contributed by atoms with Gasteiger partial charge in [0.15, 0.2) is 0 Å². The largest absolute Gasteiger partial charge is 0.493 e. The zero-order valence-electron chi connectivity index (χ0n) is 20.5. The fraction of sp³-hybridized carbons (Fsp3) is 0.333. The first-order valence-corrected chi connectivity index (χ1v) is 12.4. The van der Waals surface area contributed by atoms with Crippen LogP contribution in [0.4, 0.5) is 0 Å².